The number of hydrogen-bond acceptors (Lipinski definition) is 2. The van der Waals surface area contributed by atoms with Crippen LogP contribution in [0.15, 0.2) is 42.6 Å². The molecule has 0 saturated carbocycles. The number of rotatable bonds is 4. The van der Waals surface area contributed by atoms with Crippen molar-refractivity contribution in [2.75, 3.05) is 0 Å². The molecule has 0 aliphatic rings. The number of aliphatic carboxylic acids is 1. The number of carbonyl (C=O) groups is 1. The van der Waals surface area contributed by atoms with E-state index in [2.05, 4.69) is 5.10 Å². The highest BCUT2D eigenvalue weighted by Crippen LogP contribution is 2.11. The molecule has 2 rings (SSSR count). The van der Waals surface area contributed by atoms with Crippen LogP contribution in [0.1, 0.15) is 12.1 Å². The Morgan fingerprint density at radius 3 is 2.69 bits per heavy atom. The van der Waals surface area contributed by atoms with Crippen molar-refractivity contribution < 1.29 is 9.90 Å². The van der Waals surface area contributed by atoms with Crippen molar-refractivity contribution in [1.82, 2.24) is 9.78 Å². The molecule has 0 fully saturated rings. The molecule has 0 unspecified atom stereocenters. The van der Waals surface area contributed by atoms with Gasteiger partial charge in [0.1, 0.15) is 0 Å². The predicted octanol–water partition coefficient (Wildman–Crippen LogP) is 1.89. The van der Waals surface area contributed by atoms with Crippen LogP contribution in [0.25, 0.3) is 5.69 Å². The van der Waals surface area contributed by atoms with Gasteiger partial charge >= 0.3 is 5.97 Å². The summed E-state index contributed by atoms with van der Waals surface area (Å²) >= 11 is 0. The zero-order valence-electron chi connectivity index (χ0n) is 8.71. The maximum absolute atomic E-state index is 10.5. The molecule has 0 bridgehead atoms. The molecule has 1 heterocycles. The summed E-state index contributed by atoms with van der Waals surface area (Å²) in [5.74, 6) is -0.791. The standard InChI is InChI=1S/C12H12N2O2/c15-12(16)7-6-11-8-9-13-14(11)10-4-2-1-3-5-10/h1-5,8-9H,6-7H2,(H,15,16). The van der Waals surface area contributed by atoms with Crippen LogP contribution in [0.4, 0.5) is 0 Å². The molecular formula is C12H12N2O2. The minimum Gasteiger partial charge on any atom is -0.481 e. The third-order valence-corrected chi connectivity index (χ3v) is 2.32. The van der Waals surface area contributed by atoms with Crippen LogP contribution < -0.4 is 0 Å². The largest absolute Gasteiger partial charge is 0.481 e. The first-order chi connectivity index (χ1) is 7.77. The molecular weight excluding hydrogens is 204 g/mol. The second-order valence-electron chi connectivity index (χ2n) is 3.46. The maximum Gasteiger partial charge on any atom is 0.303 e. The van der Waals surface area contributed by atoms with Gasteiger partial charge in [-0.15, -0.1) is 0 Å². The lowest BCUT2D eigenvalue weighted by Gasteiger charge is -2.05. The van der Waals surface area contributed by atoms with E-state index in [9.17, 15) is 4.79 Å². The van der Waals surface area contributed by atoms with Crippen LogP contribution in [0.2, 0.25) is 0 Å². The topological polar surface area (TPSA) is 55.1 Å². The van der Waals surface area contributed by atoms with E-state index < -0.39 is 5.97 Å². The summed E-state index contributed by atoms with van der Waals surface area (Å²) in [6, 6.07) is 11.5. The van der Waals surface area contributed by atoms with Gasteiger partial charge in [0.2, 0.25) is 0 Å². The smallest absolute Gasteiger partial charge is 0.303 e. The molecule has 2 aromatic rings. The van der Waals surface area contributed by atoms with Crippen molar-refractivity contribution >= 4 is 5.97 Å². The van der Waals surface area contributed by atoms with E-state index in [-0.39, 0.29) is 6.42 Å². The van der Waals surface area contributed by atoms with Crippen molar-refractivity contribution in [3.63, 3.8) is 0 Å². The number of para-hydroxylation sites is 1. The van der Waals surface area contributed by atoms with Crippen LogP contribution in [0.5, 0.6) is 0 Å². The molecule has 0 atom stereocenters. The molecule has 1 aromatic carbocycles. The highest BCUT2D eigenvalue weighted by Gasteiger charge is 2.06. The summed E-state index contributed by atoms with van der Waals surface area (Å²) < 4.78 is 1.77. The Balaban J connectivity index is 2.23. The zero-order valence-corrected chi connectivity index (χ0v) is 8.71. The van der Waals surface area contributed by atoms with Gasteiger partial charge in [-0.2, -0.15) is 5.10 Å². The van der Waals surface area contributed by atoms with Crippen molar-refractivity contribution in [3.05, 3.63) is 48.3 Å². The van der Waals surface area contributed by atoms with Crippen molar-refractivity contribution in [1.29, 1.82) is 0 Å². The number of carboxylic acid groups (broad SMARTS) is 1. The van der Waals surface area contributed by atoms with E-state index in [0.717, 1.165) is 11.4 Å². The number of benzene rings is 1. The van der Waals surface area contributed by atoms with E-state index in [1.165, 1.54) is 0 Å². The molecule has 1 N–H and O–H groups in total. The van der Waals surface area contributed by atoms with Crippen molar-refractivity contribution in [2.24, 2.45) is 0 Å². The third-order valence-electron chi connectivity index (χ3n) is 2.32. The summed E-state index contributed by atoms with van der Waals surface area (Å²) in [7, 11) is 0. The second kappa shape index (κ2) is 4.61. The van der Waals surface area contributed by atoms with Crippen LogP contribution in [0.3, 0.4) is 0 Å². The van der Waals surface area contributed by atoms with Gasteiger partial charge in [-0.25, -0.2) is 4.68 Å². The number of carboxylic acids is 1. The lowest BCUT2D eigenvalue weighted by atomic mass is 10.2. The molecule has 0 aliphatic carbocycles. The molecule has 0 spiro atoms. The Bertz CT molecular complexity index is 477. The Labute approximate surface area is 93.1 Å². The normalized spacial score (nSPS) is 10.2. The molecule has 82 valence electrons. The summed E-state index contributed by atoms with van der Waals surface area (Å²) in [5.41, 5.74) is 1.86. The van der Waals surface area contributed by atoms with Gasteiger partial charge in [0, 0.05) is 18.3 Å². The Kier molecular flexibility index (Phi) is 3.00. The number of aryl methyl sites for hydroxylation is 1. The predicted molar refractivity (Wildman–Crippen MR) is 59.5 cm³/mol. The fourth-order valence-electron chi connectivity index (χ4n) is 1.56. The monoisotopic (exact) mass is 216 g/mol. The zero-order chi connectivity index (χ0) is 11.4. The number of nitrogens with zero attached hydrogens (tertiary/aromatic N) is 2. The lowest BCUT2D eigenvalue weighted by molar-refractivity contribution is -0.136. The average molecular weight is 216 g/mol. The minimum absolute atomic E-state index is 0.124. The fraction of sp³-hybridized carbons (Fsp3) is 0.167. The molecule has 0 amide bonds. The summed E-state index contributed by atoms with van der Waals surface area (Å²) in [6.07, 6.45) is 2.30. The maximum atomic E-state index is 10.5. The third kappa shape index (κ3) is 2.28. The van der Waals surface area contributed by atoms with Crippen LogP contribution in [-0.2, 0) is 11.2 Å². The van der Waals surface area contributed by atoms with Crippen molar-refractivity contribution in [3.8, 4) is 5.69 Å². The van der Waals surface area contributed by atoms with E-state index >= 15 is 0 Å². The van der Waals surface area contributed by atoms with E-state index in [1.807, 2.05) is 36.4 Å². The van der Waals surface area contributed by atoms with Gasteiger partial charge in [0.15, 0.2) is 0 Å². The summed E-state index contributed by atoms with van der Waals surface area (Å²) in [6.45, 7) is 0. The van der Waals surface area contributed by atoms with Crippen LogP contribution >= 0.6 is 0 Å². The van der Waals surface area contributed by atoms with Crippen LogP contribution in [-0.4, -0.2) is 20.9 Å². The molecule has 16 heavy (non-hydrogen) atoms. The van der Waals surface area contributed by atoms with Gasteiger partial charge < -0.3 is 5.11 Å². The van der Waals surface area contributed by atoms with E-state index in [1.54, 1.807) is 10.9 Å². The SMILES string of the molecule is O=C(O)CCc1ccnn1-c1ccccc1. The quantitative estimate of drug-likeness (QED) is 0.849. The molecule has 4 heteroatoms. The van der Waals surface area contributed by atoms with Gasteiger partial charge in [-0.05, 0) is 18.2 Å². The summed E-state index contributed by atoms with van der Waals surface area (Å²) in [4.78, 5) is 10.5. The highest BCUT2D eigenvalue weighted by atomic mass is 16.4. The fourth-order valence-corrected chi connectivity index (χ4v) is 1.56. The molecule has 1 aromatic heterocycles. The van der Waals surface area contributed by atoms with Crippen LogP contribution in [0, 0.1) is 0 Å². The number of hydrogen-bond donors (Lipinski definition) is 1. The number of aromatic nitrogens is 2. The van der Waals surface area contributed by atoms with Gasteiger partial charge in [-0.1, -0.05) is 18.2 Å². The minimum atomic E-state index is -0.791. The van der Waals surface area contributed by atoms with Gasteiger partial charge in [0.25, 0.3) is 0 Å². The van der Waals surface area contributed by atoms with Crippen molar-refractivity contribution in [2.45, 2.75) is 12.8 Å². The molecule has 4 nitrogen and oxygen atoms in total. The van der Waals surface area contributed by atoms with E-state index in [4.69, 9.17) is 5.11 Å². The Morgan fingerprint density at radius 1 is 1.25 bits per heavy atom. The van der Waals surface area contributed by atoms with E-state index in [0.29, 0.717) is 6.42 Å². The Morgan fingerprint density at radius 2 is 2.00 bits per heavy atom. The molecule has 0 aliphatic heterocycles. The first-order valence-corrected chi connectivity index (χ1v) is 5.07. The first kappa shape index (κ1) is 10.4. The highest BCUT2D eigenvalue weighted by molar-refractivity contribution is 5.67. The molecule has 0 saturated heterocycles. The first-order valence-electron chi connectivity index (χ1n) is 5.07. The second-order valence-corrected chi connectivity index (χ2v) is 3.46. The van der Waals surface area contributed by atoms with Gasteiger partial charge in [0.05, 0.1) is 12.1 Å². The average Bonchev–Trinajstić information content (AvgIpc) is 2.75. The Hall–Kier alpha value is -2.10. The lowest BCUT2D eigenvalue weighted by Crippen LogP contribution is -2.04. The molecule has 0 radical (unpaired) electrons. The summed E-state index contributed by atoms with van der Waals surface area (Å²) in [5, 5.41) is 12.8. The van der Waals surface area contributed by atoms with Gasteiger partial charge in [-0.3, -0.25) is 4.79 Å².